The van der Waals surface area contributed by atoms with Gasteiger partial charge in [0, 0.05) is 16.7 Å². The predicted octanol–water partition coefficient (Wildman–Crippen LogP) is 5.05. The van der Waals surface area contributed by atoms with Crippen LogP contribution in [0.15, 0.2) is 54.9 Å². The van der Waals surface area contributed by atoms with Gasteiger partial charge in [0.15, 0.2) is 6.61 Å². The summed E-state index contributed by atoms with van der Waals surface area (Å²) < 4.78 is 47.4. The zero-order valence-electron chi connectivity index (χ0n) is 15.0. The smallest absolute Gasteiger partial charge is 0.422 e. The summed E-state index contributed by atoms with van der Waals surface area (Å²) in [6.07, 6.45) is -3.25. The van der Waals surface area contributed by atoms with Crippen molar-refractivity contribution in [2.75, 3.05) is 11.9 Å². The van der Waals surface area contributed by atoms with Gasteiger partial charge in [-0.1, -0.05) is 23.7 Å². The third-order valence-electron chi connectivity index (χ3n) is 3.54. The Labute approximate surface area is 173 Å². The topological polar surface area (TPSA) is 93.6 Å². The molecule has 0 unspecified atom stereocenters. The molecule has 0 saturated carbocycles. The Kier molecular flexibility index (Phi) is 6.26. The molecule has 0 radical (unpaired) electrons. The number of aromatic nitrogens is 2. The van der Waals surface area contributed by atoms with E-state index in [9.17, 15) is 23.1 Å². The van der Waals surface area contributed by atoms with Gasteiger partial charge in [-0.2, -0.15) is 13.2 Å². The normalized spacial score (nSPS) is 11.1. The maximum atomic E-state index is 12.5. The molecule has 11 heteroatoms. The molecule has 3 rings (SSSR count). The summed E-state index contributed by atoms with van der Waals surface area (Å²) in [4.78, 5) is 19.6. The second-order valence-corrected chi connectivity index (χ2v) is 6.29. The number of hydrogen-bond acceptors (Lipinski definition) is 6. The van der Waals surface area contributed by atoms with E-state index in [2.05, 4.69) is 15.3 Å². The number of nitrogens with zero attached hydrogens (tertiary/aromatic N) is 2. The molecule has 7 nitrogen and oxygen atoms in total. The van der Waals surface area contributed by atoms with Crippen molar-refractivity contribution in [1.82, 2.24) is 9.97 Å². The van der Waals surface area contributed by atoms with Gasteiger partial charge in [-0.3, -0.25) is 5.32 Å². The molecule has 0 bridgehead atoms. The Morgan fingerprint density at radius 2 is 1.83 bits per heavy atom. The Morgan fingerprint density at radius 1 is 1.10 bits per heavy atom. The van der Waals surface area contributed by atoms with E-state index < -0.39 is 18.9 Å². The predicted molar refractivity (Wildman–Crippen MR) is 102 cm³/mol. The average Bonchev–Trinajstić information content (AvgIpc) is 2.68. The molecule has 0 saturated heterocycles. The van der Waals surface area contributed by atoms with Gasteiger partial charge in [-0.05, 0) is 29.8 Å². The lowest BCUT2D eigenvalue weighted by molar-refractivity contribution is -0.154. The minimum absolute atomic E-state index is 0.0682. The van der Waals surface area contributed by atoms with Crippen LogP contribution in [0.2, 0.25) is 5.02 Å². The Balaban J connectivity index is 1.82. The number of rotatable bonds is 5. The second-order valence-electron chi connectivity index (χ2n) is 5.86. The fraction of sp³-hybridized carbons (Fsp3) is 0.105. The summed E-state index contributed by atoms with van der Waals surface area (Å²) in [6.45, 7) is -1.53. The molecule has 2 N–H and O–H groups in total. The molecule has 0 atom stereocenters. The average molecular weight is 440 g/mol. The third-order valence-corrected chi connectivity index (χ3v) is 3.80. The minimum atomic E-state index is -4.54. The van der Waals surface area contributed by atoms with Gasteiger partial charge in [-0.25, -0.2) is 14.8 Å². The number of carbonyl (C=O) groups excluding carboxylic acids is 1. The van der Waals surface area contributed by atoms with Gasteiger partial charge in [0.25, 0.3) is 0 Å². The second kappa shape index (κ2) is 8.87. The van der Waals surface area contributed by atoms with Crippen LogP contribution in [0.4, 0.5) is 23.7 Å². The Morgan fingerprint density at radius 3 is 2.47 bits per heavy atom. The fourth-order valence-electron chi connectivity index (χ4n) is 2.29. The Hall–Kier alpha value is -3.53. The number of amides is 1. The van der Waals surface area contributed by atoms with Crippen molar-refractivity contribution in [1.29, 1.82) is 0 Å². The first-order chi connectivity index (χ1) is 14.2. The molecule has 2 aromatic heterocycles. The summed E-state index contributed by atoms with van der Waals surface area (Å²) in [5, 5.41) is 12.0. The van der Waals surface area contributed by atoms with E-state index in [0.29, 0.717) is 10.6 Å². The summed E-state index contributed by atoms with van der Waals surface area (Å²) >= 11 is 5.86. The maximum absolute atomic E-state index is 12.5. The van der Waals surface area contributed by atoms with Crippen molar-refractivity contribution in [2.24, 2.45) is 0 Å². The number of aromatic hydroxyl groups is 1. The maximum Gasteiger partial charge on any atom is 0.422 e. The highest BCUT2D eigenvalue weighted by molar-refractivity contribution is 6.30. The number of anilines is 1. The van der Waals surface area contributed by atoms with Crippen LogP contribution < -0.4 is 14.8 Å². The van der Waals surface area contributed by atoms with Crippen LogP contribution in [0.25, 0.3) is 11.1 Å². The molecule has 3 aromatic rings. The van der Waals surface area contributed by atoms with Crippen LogP contribution >= 0.6 is 11.6 Å². The van der Waals surface area contributed by atoms with Crippen molar-refractivity contribution in [2.45, 2.75) is 6.18 Å². The van der Waals surface area contributed by atoms with Crippen LogP contribution in [-0.2, 0) is 0 Å². The van der Waals surface area contributed by atoms with Gasteiger partial charge in [0.05, 0.1) is 18.1 Å². The molecule has 0 aliphatic carbocycles. The molecule has 0 fully saturated rings. The number of ether oxygens (including phenoxy) is 2. The number of carbonyl (C=O) groups is 1. The van der Waals surface area contributed by atoms with E-state index in [0.717, 1.165) is 12.4 Å². The lowest BCUT2D eigenvalue weighted by atomic mass is 10.1. The summed E-state index contributed by atoms with van der Waals surface area (Å²) in [7, 11) is 0. The highest BCUT2D eigenvalue weighted by Gasteiger charge is 2.29. The lowest BCUT2D eigenvalue weighted by Crippen LogP contribution is -2.20. The standard InChI is InChI=1S/C19H13ClF3N3O4/c20-12-3-1-11(2-4-12)15-7-13(8-25-17(15)29-10-19(21,22)23)26-18(28)30-16-6-5-14(27)9-24-16/h1-9,27H,10H2,(H,26,28). The number of benzene rings is 1. The van der Waals surface area contributed by atoms with E-state index in [4.69, 9.17) is 21.1 Å². The molecule has 0 spiro atoms. The number of hydrogen-bond donors (Lipinski definition) is 2. The summed E-state index contributed by atoms with van der Waals surface area (Å²) in [5.74, 6) is -0.441. The number of halogens is 4. The van der Waals surface area contributed by atoms with Crippen molar-refractivity contribution in [3.63, 3.8) is 0 Å². The van der Waals surface area contributed by atoms with Crippen molar-refractivity contribution >= 4 is 23.4 Å². The minimum Gasteiger partial charge on any atom is -0.506 e. The molecular weight excluding hydrogens is 427 g/mol. The van der Waals surface area contributed by atoms with Crippen LogP contribution in [0, 0.1) is 0 Å². The molecule has 0 aliphatic rings. The van der Waals surface area contributed by atoms with Crippen molar-refractivity contribution < 1.29 is 32.5 Å². The van der Waals surface area contributed by atoms with E-state index in [1.165, 1.54) is 18.2 Å². The number of alkyl halides is 3. The molecule has 0 aliphatic heterocycles. The summed E-state index contributed by atoms with van der Waals surface area (Å²) in [6, 6.07) is 10.2. The van der Waals surface area contributed by atoms with Gasteiger partial charge < -0.3 is 14.6 Å². The van der Waals surface area contributed by atoms with Gasteiger partial charge in [-0.15, -0.1) is 0 Å². The largest absolute Gasteiger partial charge is 0.506 e. The van der Waals surface area contributed by atoms with E-state index in [1.807, 2.05) is 0 Å². The van der Waals surface area contributed by atoms with E-state index in [-0.39, 0.29) is 28.8 Å². The van der Waals surface area contributed by atoms with Crippen LogP contribution in [0.1, 0.15) is 0 Å². The molecular formula is C19H13ClF3N3O4. The number of pyridine rings is 2. The van der Waals surface area contributed by atoms with Crippen LogP contribution in [0.5, 0.6) is 17.5 Å². The molecule has 1 amide bonds. The first kappa shape index (κ1) is 21.2. The highest BCUT2D eigenvalue weighted by atomic mass is 35.5. The quantitative estimate of drug-likeness (QED) is 0.577. The summed E-state index contributed by atoms with van der Waals surface area (Å²) in [5.41, 5.74) is 0.820. The zero-order chi connectivity index (χ0) is 21.7. The van der Waals surface area contributed by atoms with Crippen LogP contribution in [0.3, 0.4) is 0 Å². The first-order valence-corrected chi connectivity index (χ1v) is 8.67. The molecule has 1 aromatic carbocycles. The highest BCUT2D eigenvalue weighted by Crippen LogP contribution is 2.32. The Bertz CT molecular complexity index is 1030. The van der Waals surface area contributed by atoms with Crippen LogP contribution in [-0.4, -0.2) is 34.0 Å². The molecule has 30 heavy (non-hydrogen) atoms. The lowest BCUT2D eigenvalue weighted by Gasteiger charge is -2.14. The SMILES string of the molecule is O=C(Nc1cnc(OCC(F)(F)F)c(-c2ccc(Cl)cc2)c1)Oc1ccc(O)cn1. The molecule has 2 heterocycles. The van der Waals surface area contributed by atoms with Gasteiger partial charge >= 0.3 is 12.3 Å². The van der Waals surface area contributed by atoms with Gasteiger partial charge in [0.1, 0.15) is 5.75 Å². The number of nitrogens with one attached hydrogen (secondary N) is 1. The first-order valence-electron chi connectivity index (χ1n) is 8.29. The van der Waals surface area contributed by atoms with Crippen molar-refractivity contribution in [3.05, 3.63) is 59.9 Å². The van der Waals surface area contributed by atoms with Crippen molar-refractivity contribution in [3.8, 4) is 28.6 Å². The zero-order valence-corrected chi connectivity index (χ0v) is 15.7. The van der Waals surface area contributed by atoms with Gasteiger partial charge in [0.2, 0.25) is 11.8 Å². The van der Waals surface area contributed by atoms with E-state index >= 15 is 0 Å². The third kappa shape index (κ3) is 5.98. The molecule has 156 valence electrons. The van der Waals surface area contributed by atoms with E-state index in [1.54, 1.807) is 24.3 Å². The fourth-order valence-corrected chi connectivity index (χ4v) is 2.42. The monoisotopic (exact) mass is 439 g/mol.